The number of aryl methyl sites for hydroxylation is 3. The van der Waals surface area contributed by atoms with Gasteiger partial charge in [-0.15, -0.1) is 11.3 Å². The normalized spacial score (nSPS) is 11.1. The number of hydrogen-bond donors (Lipinski definition) is 1. The zero-order valence-electron chi connectivity index (χ0n) is 12.0. The lowest BCUT2D eigenvalue weighted by Crippen LogP contribution is -2.35. The van der Waals surface area contributed by atoms with E-state index in [1.54, 1.807) is 30.9 Å². The lowest BCUT2D eigenvalue weighted by atomic mass is 10.3. The molecular weight excluding hydrogens is 417 g/mol. The maximum Gasteiger partial charge on any atom is 0.291 e. The number of fused-ring (bicyclic) bond motifs is 1. The summed E-state index contributed by atoms with van der Waals surface area (Å²) in [5, 5.41) is 4.60. The zero-order valence-corrected chi connectivity index (χ0v) is 15.0. The van der Waals surface area contributed by atoms with Crippen LogP contribution >= 0.6 is 33.9 Å². The molecule has 0 radical (unpaired) electrons. The number of rotatable bonds is 2. The molecule has 3 aromatic heterocycles. The third kappa shape index (κ3) is 2.54. The maximum absolute atomic E-state index is 12.5. The minimum Gasteiger partial charge on any atom is -0.274 e. The molecule has 7 nitrogen and oxygen atoms in total. The number of aromatic nitrogens is 4. The van der Waals surface area contributed by atoms with Gasteiger partial charge in [-0.25, -0.2) is 9.66 Å². The molecule has 0 aliphatic rings. The molecule has 0 saturated heterocycles. The third-order valence-electron chi connectivity index (χ3n) is 3.07. The maximum atomic E-state index is 12.5. The Balaban J connectivity index is 2.05. The number of nitrogens with zero attached hydrogens (tertiary/aromatic N) is 4. The summed E-state index contributed by atoms with van der Waals surface area (Å²) in [5.74, 6) is -0.0121. The molecule has 0 bridgehead atoms. The van der Waals surface area contributed by atoms with Crippen molar-refractivity contribution >= 4 is 50.1 Å². The molecule has 0 aliphatic heterocycles. The minimum atomic E-state index is -0.441. The summed E-state index contributed by atoms with van der Waals surface area (Å²) in [6.07, 6.45) is 1.73. The van der Waals surface area contributed by atoms with Crippen molar-refractivity contribution in [3.8, 4) is 0 Å². The summed E-state index contributed by atoms with van der Waals surface area (Å²) < 4.78 is 3.43. The van der Waals surface area contributed by atoms with Gasteiger partial charge in [0.25, 0.3) is 11.5 Å². The molecule has 0 spiro atoms. The summed E-state index contributed by atoms with van der Waals surface area (Å²) in [6, 6.07) is 1.78. The van der Waals surface area contributed by atoms with Crippen molar-refractivity contribution in [3.05, 3.63) is 42.6 Å². The average Bonchev–Trinajstić information content (AvgIpc) is 2.96. The van der Waals surface area contributed by atoms with E-state index in [9.17, 15) is 9.59 Å². The highest BCUT2D eigenvalue weighted by Gasteiger charge is 2.17. The highest BCUT2D eigenvalue weighted by atomic mass is 127. The lowest BCUT2D eigenvalue weighted by molar-refractivity contribution is 0.1000. The zero-order chi connectivity index (χ0) is 16.0. The Morgan fingerprint density at radius 2 is 2.14 bits per heavy atom. The number of carbonyl (C=O) groups is 1. The van der Waals surface area contributed by atoms with Gasteiger partial charge in [0.15, 0.2) is 5.69 Å². The number of nitrogens with one attached hydrogen (secondary N) is 1. The Kier molecular flexibility index (Phi) is 3.77. The first-order chi connectivity index (χ1) is 10.4. The molecule has 9 heteroatoms. The Labute approximate surface area is 143 Å². The molecule has 0 aromatic carbocycles. The van der Waals surface area contributed by atoms with E-state index >= 15 is 0 Å². The standard InChI is InChI=1S/C13H12IN5O2S/c1-6-4-8-12(22-6)15-7(2)19(13(8)21)17-11(20)10-9(14)5-18(3)16-10/h4-5H,1-3H3,(H,17,20). The number of hydrogen-bond acceptors (Lipinski definition) is 5. The molecular formula is C13H12IN5O2S. The van der Waals surface area contributed by atoms with Gasteiger partial charge in [0.05, 0.1) is 8.96 Å². The Morgan fingerprint density at radius 3 is 2.77 bits per heavy atom. The second-order valence-electron chi connectivity index (χ2n) is 4.82. The molecule has 0 saturated carbocycles. The summed E-state index contributed by atoms with van der Waals surface area (Å²) in [6.45, 7) is 3.60. The van der Waals surface area contributed by atoms with Gasteiger partial charge in [-0.3, -0.25) is 19.7 Å². The first kappa shape index (κ1) is 15.2. The Hall–Kier alpha value is -1.75. The van der Waals surface area contributed by atoms with Gasteiger partial charge in [0, 0.05) is 18.1 Å². The van der Waals surface area contributed by atoms with Gasteiger partial charge < -0.3 is 0 Å². The van der Waals surface area contributed by atoms with E-state index in [2.05, 4.69) is 15.5 Å². The Morgan fingerprint density at radius 1 is 1.41 bits per heavy atom. The van der Waals surface area contributed by atoms with Gasteiger partial charge in [-0.1, -0.05) is 0 Å². The second kappa shape index (κ2) is 5.47. The van der Waals surface area contributed by atoms with E-state index in [4.69, 9.17) is 0 Å². The molecule has 3 rings (SSSR count). The first-order valence-corrected chi connectivity index (χ1v) is 8.26. The van der Waals surface area contributed by atoms with E-state index in [1.165, 1.54) is 16.0 Å². The number of carbonyl (C=O) groups excluding carboxylic acids is 1. The summed E-state index contributed by atoms with van der Waals surface area (Å²) >= 11 is 3.48. The van der Waals surface area contributed by atoms with Gasteiger partial charge >= 0.3 is 0 Å². The van der Waals surface area contributed by atoms with Crippen LogP contribution in [0.3, 0.4) is 0 Å². The average molecular weight is 429 g/mol. The van der Waals surface area contributed by atoms with Gasteiger partial charge in [0.1, 0.15) is 10.7 Å². The van der Waals surface area contributed by atoms with Crippen molar-refractivity contribution in [1.29, 1.82) is 0 Å². The van der Waals surface area contributed by atoms with E-state index in [0.717, 1.165) is 4.88 Å². The van der Waals surface area contributed by atoms with Crippen molar-refractivity contribution in [2.45, 2.75) is 13.8 Å². The van der Waals surface area contributed by atoms with E-state index in [0.29, 0.717) is 19.6 Å². The van der Waals surface area contributed by atoms with Crippen LogP contribution in [-0.2, 0) is 7.05 Å². The van der Waals surface area contributed by atoms with Crippen LogP contribution in [-0.4, -0.2) is 25.3 Å². The quantitative estimate of drug-likeness (QED) is 0.630. The van der Waals surface area contributed by atoms with Crippen molar-refractivity contribution in [1.82, 2.24) is 19.4 Å². The molecule has 0 aliphatic carbocycles. The smallest absolute Gasteiger partial charge is 0.274 e. The highest BCUT2D eigenvalue weighted by Crippen LogP contribution is 2.20. The number of thiophene rings is 1. The lowest BCUT2D eigenvalue weighted by Gasteiger charge is -2.09. The molecule has 22 heavy (non-hydrogen) atoms. The molecule has 1 N–H and O–H groups in total. The monoisotopic (exact) mass is 429 g/mol. The predicted molar refractivity (Wildman–Crippen MR) is 93.0 cm³/mol. The van der Waals surface area contributed by atoms with Crippen molar-refractivity contribution in [3.63, 3.8) is 0 Å². The van der Waals surface area contributed by atoms with Crippen molar-refractivity contribution in [2.24, 2.45) is 7.05 Å². The van der Waals surface area contributed by atoms with Crippen LogP contribution in [0.2, 0.25) is 0 Å². The van der Waals surface area contributed by atoms with Crippen molar-refractivity contribution in [2.75, 3.05) is 5.43 Å². The third-order valence-corrected chi connectivity index (χ3v) is 4.80. The topological polar surface area (TPSA) is 81.8 Å². The van der Waals surface area contributed by atoms with Crippen LogP contribution < -0.4 is 11.0 Å². The highest BCUT2D eigenvalue weighted by molar-refractivity contribution is 14.1. The fourth-order valence-corrected chi connectivity index (χ4v) is 3.77. The van der Waals surface area contributed by atoms with Crippen molar-refractivity contribution < 1.29 is 4.79 Å². The van der Waals surface area contributed by atoms with Gasteiger partial charge in [-0.2, -0.15) is 5.10 Å². The first-order valence-electron chi connectivity index (χ1n) is 6.37. The van der Waals surface area contributed by atoms with E-state index in [-0.39, 0.29) is 11.3 Å². The molecule has 0 unspecified atom stereocenters. The van der Waals surface area contributed by atoms with Gasteiger partial charge in [0.2, 0.25) is 0 Å². The van der Waals surface area contributed by atoms with Crippen LogP contribution in [0.15, 0.2) is 17.1 Å². The Bertz CT molecular complexity index is 955. The largest absolute Gasteiger partial charge is 0.291 e. The predicted octanol–water partition coefficient (Wildman–Crippen LogP) is 1.80. The number of halogens is 1. The van der Waals surface area contributed by atoms with Crippen LogP contribution in [0.1, 0.15) is 21.2 Å². The molecule has 0 atom stereocenters. The molecule has 3 aromatic rings. The van der Waals surface area contributed by atoms with Crippen LogP contribution in [0, 0.1) is 17.4 Å². The fraction of sp³-hybridized carbons (Fsp3) is 0.231. The summed E-state index contributed by atoms with van der Waals surface area (Å²) in [4.78, 5) is 30.9. The molecule has 1 amide bonds. The van der Waals surface area contributed by atoms with Crippen LogP contribution in [0.5, 0.6) is 0 Å². The SMILES string of the molecule is Cc1cc2c(=O)n(NC(=O)c3nn(C)cc3I)c(C)nc2s1. The molecule has 114 valence electrons. The fourth-order valence-electron chi connectivity index (χ4n) is 2.10. The molecule has 3 heterocycles. The van der Waals surface area contributed by atoms with E-state index in [1.807, 2.05) is 29.5 Å². The summed E-state index contributed by atoms with van der Waals surface area (Å²) in [7, 11) is 1.73. The number of amides is 1. The van der Waals surface area contributed by atoms with Crippen LogP contribution in [0.4, 0.5) is 0 Å². The summed E-state index contributed by atoms with van der Waals surface area (Å²) in [5.41, 5.74) is 2.57. The minimum absolute atomic E-state index is 0.274. The van der Waals surface area contributed by atoms with Gasteiger partial charge in [-0.05, 0) is 42.5 Å². The second-order valence-corrected chi connectivity index (χ2v) is 7.21. The van der Waals surface area contributed by atoms with Crippen LogP contribution in [0.25, 0.3) is 10.2 Å². The van der Waals surface area contributed by atoms with E-state index < -0.39 is 5.91 Å². The molecule has 0 fully saturated rings.